The Bertz CT molecular complexity index is 715. The summed E-state index contributed by atoms with van der Waals surface area (Å²) in [6.45, 7) is 0. The summed E-state index contributed by atoms with van der Waals surface area (Å²) in [6.07, 6.45) is 6.46. The van der Waals surface area contributed by atoms with E-state index < -0.39 is 10.3 Å². The minimum atomic E-state index is -3.95. The first-order chi connectivity index (χ1) is 9.51. The molecule has 108 valence electrons. The van der Waals surface area contributed by atoms with Crippen LogP contribution in [0.5, 0.6) is 5.75 Å². The Balaban J connectivity index is 1.90. The van der Waals surface area contributed by atoms with Gasteiger partial charge in [0.05, 0.1) is 0 Å². The third-order valence-electron chi connectivity index (χ3n) is 3.73. The van der Waals surface area contributed by atoms with Crippen LogP contribution in [0.15, 0.2) is 24.3 Å². The molecule has 1 aliphatic rings. The summed E-state index contributed by atoms with van der Waals surface area (Å²) >= 11 is 1.73. The van der Waals surface area contributed by atoms with E-state index in [9.17, 15) is 8.42 Å². The van der Waals surface area contributed by atoms with Crippen molar-refractivity contribution >= 4 is 31.7 Å². The minimum absolute atomic E-state index is 0.275. The molecule has 1 fully saturated rings. The van der Waals surface area contributed by atoms with Crippen molar-refractivity contribution in [1.82, 2.24) is 0 Å². The van der Waals surface area contributed by atoms with E-state index in [4.69, 9.17) is 9.32 Å². The normalized spacial score (nSPS) is 17.4. The van der Waals surface area contributed by atoms with Crippen molar-refractivity contribution in [2.75, 3.05) is 0 Å². The zero-order chi connectivity index (χ0) is 14.2. The van der Waals surface area contributed by atoms with E-state index in [-0.39, 0.29) is 5.75 Å². The van der Waals surface area contributed by atoms with E-state index in [1.165, 1.54) is 37.0 Å². The fraction of sp³-hybridized carbons (Fsp3) is 0.429. The highest BCUT2D eigenvalue weighted by atomic mass is 32.2. The van der Waals surface area contributed by atoms with Gasteiger partial charge < -0.3 is 4.18 Å². The van der Waals surface area contributed by atoms with E-state index in [1.54, 1.807) is 23.5 Å². The van der Waals surface area contributed by atoms with Crippen molar-refractivity contribution in [2.24, 2.45) is 5.14 Å². The second-order valence-electron chi connectivity index (χ2n) is 5.26. The number of thiophene rings is 1. The molecule has 3 rings (SSSR count). The van der Waals surface area contributed by atoms with Gasteiger partial charge in [0, 0.05) is 9.58 Å². The summed E-state index contributed by atoms with van der Waals surface area (Å²) < 4.78 is 27.7. The average Bonchev–Trinajstić information content (AvgIpc) is 2.81. The SMILES string of the molecule is NS(=O)(=O)Oc1ccc2cc(C3CCCCC3)sc2c1. The topological polar surface area (TPSA) is 69.4 Å². The van der Waals surface area contributed by atoms with E-state index in [0.717, 1.165) is 10.1 Å². The summed E-state index contributed by atoms with van der Waals surface area (Å²) in [6, 6.07) is 7.50. The van der Waals surface area contributed by atoms with Crippen molar-refractivity contribution in [1.29, 1.82) is 0 Å². The minimum Gasteiger partial charge on any atom is -0.371 e. The highest BCUT2D eigenvalue weighted by Crippen LogP contribution is 2.39. The molecule has 0 unspecified atom stereocenters. The molecule has 1 aromatic carbocycles. The van der Waals surface area contributed by atoms with Gasteiger partial charge in [0.1, 0.15) is 5.75 Å². The van der Waals surface area contributed by atoms with Gasteiger partial charge in [-0.2, -0.15) is 13.6 Å². The number of fused-ring (bicyclic) bond motifs is 1. The molecule has 0 bridgehead atoms. The Hall–Kier alpha value is -1.11. The van der Waals surface area contributed by atoms with Crippen molar-refractivity contribution < 1.29 is 12.6 Å². The van der Waals surface area contributed by atoms with Gasteiger partial charge in [-0.05, 0) is 48.4 Å². The predicted molar refractivity (Wildman–Crippen MR) is 81.4 cm³/mol. The average molecular weight is 311 g/mol. The second kappa shape index (κ2) is 5.35. The van der Waals surface area contributed by atoms with Crippen LogP contribution < -0.4 is 9.32 Å². The molecule has 2 N–H and O–H groups in total. The highest BCUT2D eigenvalue weighted by Gasteiger charge is 2.18. The number of hydrogen-bond acceptors (Lipinski definition) is 4. The zero-order valence-electron chi connectivity index (χ0n) is 11.0. The smallest absolute Gasteiger partial charge is 0.371 e. The number of nitrogens with two attached hydrogens (primary N) is 1. The summed E-state index contributed by atoms with van der Waals surface area (Å²) in [4.78, 5) is 1.40. The Morgan fingerprint density at radius 2 is 1.90 bits per heavy atom. The predicted octanol–water partition coefficient (Wildman–Crippen LogP) is 3.53. The summed E-state index contributed by atoms with van der Waals surface area (Å²) in [5.41, 5.74) is 0. The lowest BCUT2D eigenvalue weighted by Crippen LogP contribution is -2.18. The molecule has 2 aromatic rings. The van der Waals surface area contributed by atoms with Crippen LogP contribution >= 0.6 is 11.3 Å². The lowest BCUT2D eigenvalue weighted by Gasteiger charge is -2.19. The van der Waals surface area contributed by atoms with Crippen LogP contribution in [0, 0.1) is 0 Å². The van der Waals surface area contributed by atoms with Crippen LogP contribution in [-0.2, 0) is 10.3 Å². The molecule has 1 saturated carbocycles. The van der Waals surface area contributed by atoms with Crippen LogP contribution in [0.2, 0.25) is 0 Å². The molecule has 6 heteroatoms. The number of benzene rings is 1. The molecule has 0 aliphatic heterocycles. The molecule has 20 heavy (non-hydrogen) atoms. The Kier molecular flexibility index (Phi) is 3.70. The summed E-state index contributed by atoms with van der Waals surface area (Å²) in [5, 5.41) is 6.02. The molecule has 0 saturated heterocycles. The fourth-order valence-electron chi connectivity index (χ4n) is 2.81. The molecule has 4 nitrogen and oxygen atoms in total. The highest BCUT2D eigenvalue weighted by molar-refractivity contribution is 7.84. The van der Waals surface area contributed by atoms with Gasteiger partial charge in [-0.25, -0.2) is 0 Å². The van der Waals surface area contributed by atoms with E-state index in [1.807, 2.05) is 6.07 Å². The summed E-state index contributed by atoms with van der Waals surface area (Å²) in [7, 11) is -3.95. The molecule has 0 radical (unpaired) electrons. The van der Waals surface area contributed by atoms with E-state index in [2.05, 4.69) is 6.07 Å². The maximum atomic E-state index is 10.9. The third kappa shape index (κ3) is 3.13. The first kappa shape index (κ1) is 13.9. The van der Waals surface area contributed by atoms with Crippen molar-refractivity contribution in [2.45, 2.75) is 38.0 Å². The Morgan fingerprint density at radius 1 is 1.15 bits per heavy atom. The number of hydrogen-bond donors (Lipinski definition) is 1. The van der Waals surface area contributed by atoms with Crippen molar-refractivity contribution in [3.05, 3.63) is 29.1 Å². The summed E-state index contributed by atoms with van der Waals surface area (Å²) in [5.74, 6) is 0.931. The maximum absolute atomic E-state index is 10.9. The first-order valence-electron chi connectivity index (χ1n) is 6.77. The Labute approximate surface area is 122 Å². The van der Waals surface area contributed by atoms with Gasteiger partial charge in [0.25, 0.3) is 0 Å². The molecular formula is C14H17NO3S2. The lowest BCUT2D eigenvalue weighted by molar-refractivity contribution is 0.448. The molecule has 1 aromatic heterocycles. The quantitative estimate of drug-likeness (QED) is 0.942. The van der Waals surface area contributed by atoms with Crippen molar-refractivity contribution in [3.8, 4) is 5.75 Å². The largest absolute Gasteiger partial charge is 0.380 e. The Morgan fingerprint density at radius 3 is 2.60 bits per heavy atom. The van der Waals surface area contributed by atoms with Crippen molar-refractivity contribution in [3.63, 3.8) is 0 Å². The van der Waals surface area contributed by atoms with Crippen LogP contribution in [0.25, 0.3) is 10.1 Å². The molecule has 1 aliphatic carbocycles. The lowest BCUT2D eigenvalue weighted by atomic mass is 9.88. The number of rotatable bonds is 3. The molecular weight excluding hydrogens is 294 g/mol. The molecule has 0 atom stereocenters. The van der Waals surface area contributed by atoms with Gasteiger partial charge in [-0.3, -0.25) is 0 Å². The molecule has 0 amide bonds. The van der Waals surface area contributed by atoms with Gasteiger partial charge in [0.2, 0.25) is 0 Å². The van der Waals surface area contributed by atoms with Gasteiger partial charge in [-0.15, -0.1) is 11.3 Å². The van der Waals surface area contributed by atoms with Crippen LogP contribution in [0.3, 0.4) is 0 Å². The molecule has 1 heterocycles. The fourth-order valence-corrected chi connectivity index (χ4v) is 4.44. The van der Waals surface area contributed by atoms with E-state index in [0.29, 0.717) is 5.92 Å². The van der Waals surface area contributed by atoms with Gasteiger partial charge >= 0.3 is 10.3 Å². The first-order valence-corrected chi connectivity index (χ1v) is 9.06. The second-order valence-corrected chi connectivity index (χ2v) is 7.53. The van der Waals surface area contributed by atoms with E-state index >= 15 is 0 Å². The van der Waals surface area contributed by atoms with Crippen LogP contribution in [0.4, 0.5) is 0 Å². The van der Waals surface area contributed by atoms with Gasteiger partial charge in [-0.1, -0.05) is 19.3 Å². The van der Waals surface area contributed by atoms with Crippen LogP contribution in [0.1, 0.15) is 42.9 Å². The van der Waals surface area contributed by atoms with Gasteiger partial charge in [0.15, 0.2) is 0 Å². The standard InChI is InChI=1S/C14H17NO3S2/c15-20(16,17)18-12-7-6-11-8-13(19-14(11)9-12)10-4-2-1-3-5-10/h6-10H,1-5H2,(H2,15,16,17). The molecule has 0 spiro atoms. The zero-order valence-corrected chi connectivity index (χ0v) is 12.7. The van der Waals surface area contributed by atoms with Crippen LogP contribution in [-0.4, -0.2) is 8.42 Å². The third-order valence-corrected chi connectivity index (χ3v) is 5.42. The monoisotopic (exact) mass is 311 g/mol. The maximum Gasteiger partial charge on any atom is 0.380 e.